The number of hydrogen-bond acceptors (Lipinski definition) is 5. The lowest BCUT2D eigenvalue weighted by atomic mass is 10.2. The van der Waals surface area contributed by atoms with Crippen molar-refractivity contribution in [2.24, 2.45) is 0 Å². The van der Waals surface area contributed by atoms with E-state index >= 15 is 0 Å². The van der Waals surface area contributed by atoms with Crippen molar-refractivity contribution in [2.75, 3.05) is 16.0 Å². The van der Waals surface area contributed by atoms with Crippen molar-refractivity contribution < 1.29 is 18.4 Å². The number of carbonyl (C=O) groups is 2. The van der Waals surface area contributed by atoms with E-state index in [4.69, 9.17) is 4.42 Å². The minimum atomic E-state index is -0.326. The molecule has 29 heavy (non-hydrogen) atoms. The number of benzene rings is 2. The summed E-state index contributed by atoms with van der Waals surface area (Å²) < 4.78 is 18.7. The second kappa shape index (κ2) is 8.08. The molecule has 6 nitrogen and oxygen atoms in total. The predicted octanol–water partition coefficient (Wildman–Crippen LogP) is 4.34. The molecule has 8 heteroatoms. The normalized spacial score (nSPS) is 16.1. The van der Waals surface area contributed by atoms with E-state index in [9.17, 15) is 14.0 Å². The monoisotopic (exact) mass is 411 g/mol. The van der Waals surface area contributed by atoms with Crippen LogP contribution >= 0.6 is 11.8 Å². The number of thioether (sulfide) groups is 1. The van der Waals surface area contributed by atoms with E-state index < -0.39 is 0 Å². The van der Waals surface area contributed by atoms with Gasteiger partial charge in [0.15, 0.2) is 5.76 Å². The Morgan fingerprint density at radius 1 is 1.28 bits per heavy atom. The molecule has 0 bridgehead atoms. The van der Waals surface area contributed by atoms with E-state index in [1.165, 1.54) is 23.9 Å². The third-order valence-corrected chi connectivity index (χ3v) is 5.39. The molecule has 148 valence electrons. The summed E-state index contributed by atoms with van der Waals surface area (Å²) in [5.41, 5.74) is 2.00. The van der Waals surface area contributed by atoms with Gasteiger partial charge in [-0.05, 0) is 43.3 Å². The summed E-state index contributed by atoms with van der Waals surface area (Å²) in [5.74, 6) is 0.0185. The third-order valence-electron chi connectivity index (χ3n) is 4.56. The van der Waals surface area contributed by atoms with Gasteiger partial charge in [-0.2, -0.15) is 0 Å². The fourth-order valence-electron chi connectivity index (χ4n) is 3.23. The van der Waals surface area contributed by atoms with E-state index in [1.54, 1.807) is 29.3 Å². The molecule has 0 spiro atoms. The minimum Gasteiger partial charge on any atom is -0.431 e. The Bertz CT molecular complexity index is 1050. The molecule has 0 radical (unpaired) electrons. The van der Waals surface area contributed by atoms with Gasteiger partial charge in [0.25, 0.3) is 5.22 Å². The van der Waals surface area contributed by atoms with Gasteiger partial charge < -0.3 is 14.6 Å². The quantitative estimate of drug-likeness (QED) is 0.647. The molecular weight excluding hydrogens is 393 g/mol. The lowest BCUT2D eigenvalue weighted by Gasteiger charge is -2.27. The summed E-state index contributed by atoms with van der Waals surface area (Å²) in [6.07, 6.45) is 1.77. The van der Waals surface area contributed by atoms with Gasteiger partial charge in [-0.25, -0.2) is 9.37 Å². The van der Waals surface area contributed by atoms with Gasteiger partial charge in [0, 0.05) is 18.0 Å². The van der Waals surface area contributed by atoms with Crippen molar-refractivity contribution in [3.8, 4) is 11.3 Å². The molecule has 1 atom stereocenters. The zero-order valence-corrected chi connectivity index (χ0v) is 16.4. The highest BCUT2D eigenvalue weighted by atomic mass is 32.2. The number of halogens is 1. The molecule has 0 saturated heterocycles. The van der Waals surface area contributed by atoms with Crippen molar-refractivity contribution >= 4 is 35.0 Å². The second-order valence-electron chi connectivity index (χ2n) is 6.67. The number of nitrogens with zero attached hydrogens (tertiary/aromatic N) is 2. The molecule has 0 unspecified atom stereocenters. The zero-order valence-electron chi connectivity index (χ0n) is 15.6. The van der Waals surface area contributed by atoms with Crippen LogP contribution in [0, 0.1) is 5.82 Å². The third kappa shape index (κ3) is 4.17. The average Bonchev–Trinajstić information content (AvgIpc) is 3.12. The van der Waals surface area contributed by atoms with Crippen molar-refractivity contribution in [3.63, 3.8) is 0 Å². The summed E-state index contributed by atoms with van der Waals surface area (Å²) in [6.45, 7) is 1.85. The van der Waals surface area contributed by atoms with Crippen LogP contribution in [0.1, 0.15) is 13.3 Å². The van der Waals surface area contributed by atoms with Crippen LogP contribution in [0.25, 0.3) is 11.3 Å². The van der Waals surface area contributed by atoms with Crippen molar-refractivity contribution in [3.05, 3.63) is 60.5 Å². The topological polar surface area (TPSA) is 75.4 Å². The molecule has 1 aliphatic rings. The van der Waals surface area contributed by atoms with Gasteiger partial charge in [0.2, 0.25) is 11.8 Å². The zero-order chi connectivity index (χ0) is 20.4. The number of rotatable bonds is 4. The van der Waals surface area contributed by atoms with Gasteiger partial charge >= 0.3 is 0 Å². The molecule has 2 amide bonds. The van der Waals surface area contributed by atoms with Crippen LogP contribution in [0.4, 0.5) is 15.8 Å². The molecule has 0 aliphatic carbocycles. The van der Waals surface area contributed by atoms with Crippen LogP contribution < -0.4 is 10.2 Å². The highest BCUT2D eigenvalue weighted by molar-refractivity contribution is 7.99. The number of amides is 2. The van der Waals surface area contributed by atoms with Gasteiger partial charge in [-0.3, -0.25) is 9.59 Å². The lowest BCUT2D eigenvalue weighted by molar-refractivity contribution is -0.117. The summed E-state index contributed by atoms with van der Waals surface area (Å²) in [7, 11) is 0. The number of anilines is 2. The standard InChI is InChI=1S/C21H18FN3O3S/c1-13-10-19(26)24-16-4-2-3-5-17(16)25(13)20(27)12-29-21-23-11-18(28-21)14-6-8-15(22)9-7-14/h2-9,11,13H,10,12H2,1H3,(H,24,26)/t13-/m1/s1. The highest BCUT2D eigenvalue weighted by Crippen LogP contribution is 2.32. The first kappa shape index (κ1) is 19.2. The molecule has 4 rings (SSSR count). The number of oxazole rings is 1. The average molecular weight is 411 g/mol. The van der Waals surface area contributed by atoms with Crippen LogP contribution in [0.5, 0.6) is 0 Å². The first-order chi connectivity index (χ1) is 14.0. The molecule has 1 N–H and O–H groups in total. The molecule has 3 aromatic rings. The summed E-state index contributed by atoms with van der Waals surface area (Å²) in [4.78, 5) is 30.9. The molecule has 1 aliphatic heterocycles. The van der Waals surface area contributed by atoms with Crippen LogP contribution in [0.3, 0.4) is 0 Å². The fraction of sp³-hybridized carbons (Fsp3) is 0.190. The Morgan fingerprint density at radius 2 is 2.03 bits per heavy atom. The van der Waals surface area contributed by atoms with Gasteiger partial charge in [0.1, 0.15) is 5.82 Å². The maximum Gasteiger partial charge on any atom is 0.256 e. The number of para-hydroxylation sites is 2. The Labute approximate surface area is 171 Å². The summed E-state index contributed by atoms with van der Waals surface area (Å²) >= 11 is 1.18. The Kier molecular flexibility index (Phi) is 5.35. The smallest absolute Gasteiger partial charge is 0.256 e. The Hall–Kier alpha value is -3.13. The van der Waals surface area contributed by atoms with Gasteiger partial charge in [-0.15, -0.1) is 0 Å². The largest absolute Gasteiger partial charge is 0.431 e. The van der Waals surface area contributed by atoms with Crippen LogP contribution in [-0.4, -0.2) is 28.6 Å². The van der Waals surface area contributed by atoms with E-state index in [0.717, 1.165) is 0 Å². The van der Waals surface area contributed by atoms with Gasteiger partial charge in [0.05, 0.1) is 23.3 Å². The summed E-state index contributed by atoms with van der Waals surface area (Å²) in [6, 6.07) is 12.9. The van der Waals surface area contributed by atoms with E-state index in [2.05, 4.69) is 10.3 Å². The lowest BCUT2D eigenvalue weighted by Crippen LogP contribution is -2.40. The second-order valence-corrected chi connectivity index (χ2v) is 7.59. The van der Waals surface area contributed by atoms with Crippen LogP contribution in [0.15, 0.2) is 64.4 Å². The molecule has 2 aromatic carbocycles. The molecule has 0 fully saturated rings. The number of nitrogens with one attached hydrogen (secondary N) is 1. The van der Waals surface area contributed by atoms with E-state index in [-0.39, 0.29) is 35.8 Å². The first-order valence-corrected chi connectivity index (χ1v) is 10.1. The van der Waals surface area contributed by atoms with E-state index in [1.807, 2.05) is 25.1 Å². The Morgan fingerprint density at radius 3 is 2.83 bits per heavy atom. The SMILES string of the molecule is C[C@@H]1CC(=O)Nc2ccccc2N1C(=O)CSc1ncc(-c2ccc(F)cc2)o1. The Balaban J connectivity index is 1.48. The highest BCUT2D eigenvalue weighted by Gasteiger charge is 2.29. The maximum atomic E-state index is 13.1. The predicted molar refractivity (Wildman–Crippen MR) is 109 cm³/mol. The molecule has 0 saturated carbocycles. The maximum absolute atomic E-state index is 13.1. The van der Waals surface area contributed by atoms with Crippen LogP contribution in [0.2, 0.25) is 0 Å². The first-order valence-electron chi connectivity index (χ1n) is 9.07. The minimum absolute atomic E-state index is 0.107. The number of fused-ring (bicyclic) bond motifs is 1. The number of aromatic nitrogens is 1. The number of carbonyl (C=O) groups excluding carboxylic acids is 2. The fourth-order valence-corrected chi connectivity index (χ4v) is 3.90. The van der Waals surface area contributed by atoms with Crippen molar-refractivity contribution in [1.29, 1.82) is 0 Å². The van der Waals surface area contributed by atoms with Gasteiger partial charge in [-0.1, -0.05) is 23.9 Å². The molecular formula is C21H18FN3O3S. The van der Waals surface area contributed by atoms with Crippen molar-refractivity contribution in [1.82, 2.24) is 4.98 Å². The number of hydrogen-bond donors (Lipinski definition) is 1. The molecule has 2 heterocycles. The van der Waals surface area contributed by atoms with Crippen LogP contribution in [-0.2, 0) is 9.59 Å². The molecule has 1 aromatic heterocycles. The van der Waals surface area contributed by atoms with Crippen molar-refractivity contribution in [2.45, 2.75) is 24.6 Å². The summed E-state index contributed by atoms with van der Waals surface area (Å²) in [5, 5.41) is 3.19. The van der Waals surface area contributed by atoms with E-state index in [0.29, 0.717) is 27.9 Å².